The van der Waals surface area contributed by atoms with Gasteiger partial charge in [0.15, 0.2) is 11.5 Å². The number of benzene rings is 1. The van der Waals surface area contributed by atoms with E-state index in [9.17, 15) is 0 Å². The molecule has 2 aliphatic rings. The van der Waals surface area contributed by atoms with Gasteiger partial charge in [0, 0.05) is 17.8 Å². The predicted molar refractivity (Wildman–Crippen MR) is 79.6 cm³/mol. The average Bonchev–Trinajstić information content (AvgIpc) is 2.86. The van der Waals surface area contributed by atoms with Crippen LogP contribution in [0.4, 0.5) is 0 Å². The molecular formula is C16H19N3O2. The van der Waals surface area contributed by atoms with Gasteiger partial charge < -0.3 is 19.8 Å². The second kappa shape index (κ2) is 4.77. The highest BCUT2D eigenvalue weighted by Gasteiger charge is 2.24. The summed E-state index contributed by atoms with van der Waals surface area (Å²) in [5, 5.41) is 0. The Balaban J connectivity index is 1.80. The average molecular weight is 285 g/mol. The Morgan fingerprint density at radius 2 is 2.05 bits per heavy atom. The highest BCUT2D eigenvalue weighted by atomic mass is 16.6. The molecule has 1 atom stereocenters. The van der Waals surface area contributed by atoms with Gasteiger partial charge in [-0.3, -0.25) is 0 Å². The first-order valence-corrected chi connectivity index (χ1v) is 7.46. The van der Waals surface area contributed by atoms with E-state index >= 15 is 0 Å². The summed E-state index contributed by atoms with van der Waals surface area (Å²) in [5.41, 5.74) is 9.43. The third-order valence-electron chi connectivity index (χ3n) is 4.29. The maximum Gasteiger partial charge on any atom is 0.162 e. The summed E-state index contributed by atoms with van der Waals surface area (Å²) in [6.07, 6.45) is 2.13. The van der Waals surface area contributed by atoms with Crippen LogP contribution in [0.3, 0.4) is 0 Å². The van der Waals surface area contributed by atoms with Crippen LogP contribution < -0.4 is 15.2 Å². The normalized spacial score (nSPS) is 20.2. The van der Waals surface area contributed by atoms with Gasteiger partial charge in [0.25, 0.3) is 0 Å². The Labute approximate surface area is 123 Å². The van der Waals surface area contributed by atoms with Gasteiger partial charge in [-0.05, 0) is 38.0 Å². The number of imidazole rings is 1. The minimum atomic E-state index is 0.0448. The van der Waals surface area contributed by atoms with E-state index in [0.717, 1.165) is 48.0 Å². The highest BCUT2D eigenvalue weighted by molar-refractivity contribution is 5.66. The van der Waals surface area contributed by atoms with E-state index in [1.807, 2.05) is 18.2 Å². The maximum absolute atomic E-state index is 6.19. The van der Waals surface area contributed by atoms with Crippen molar-refractivity contribution in [3.8, 4) is 22.8 Å². The van der Waals surface area contributed by atoms with E-state index in [1.54, 1.807) is 0 Å². The Kier molecular flexibility index (Phi) is 2.89. The number of hydrogen-bond acceptors (Lipinski definition) is 4. The minimum absolute atomic E-state index is 0.0448. The molecule has 5 nitrogen and oxygen atoms in total. The lowest BCUT2D eigenvalue weighted by atomic mass is 10.1. The molecule has 2 N–H and O–H groups in total. The molecule has 0 saturated heterocycles. The number of aromatic nitrogens is 2. The molecule has 4 rings (SSSR count). The lowest BCUT2D eigenvalue weighted by molar-refractivity contribution is 0.171. The van der Waals surface area contributed by atoms with E-state index in [2.05, 4.69) is 11.5 Å². The molecule has 2 aliphatic heterocycles. The van der Waals surface area contributed by atoms with Gasteiger partial charge in [0.1, 0.15) is 19.0 Å². The maximum atomic E-state index is 6.19. The molecule has 0 bridgehead atoms. The molecular weight excluding hydrogens is 266 g/mol. The van der Waals surface area contributed by atoms with Gasteiger partial charge in [-0.1, -0.05) is 0 Å². The van der Waals surface area contributed by atoms with Crippen molar-refractivity contribution < 1.29 is 9.47 Å². The number of ether oxygens (including phenoxy) is 2. The van der Waals surface area contributed by atoms with Crippen LogP contribution in [-0.4, -0.2) is 22.8 Å². The predicted octanol–water partition coefficient (Wildman–Crippen LogP) is 2.42. The Bertz CT molecular complexity index is 693. The lowest BCUT2D eigenvalue weighted by Crippen LogP contribution is -2.22. The zero-order valence-electron chi connectivity index (χ0n) is 12.1. The van der Waals surface area contributed by atoms with Gasteiger partial charge >= 0.3 is 0 Å². The topological polar surface area (TPSA) is 62.3 Å². The Morgan fingerprint density at radius 1 is 1.24 bits per heavy atom. The standard InChI is InChI=1S/C16H19N3O2/c1-10-15(18-16-12(17)3-2-6-19(10)16)11-4-5-13-14(9-11)21-8-7-20-13/h4-5,9,12H,2-3,6-8,17H2,1H3. The number of hydrogen-bond donors (Lipinski definition) is 1. The summed E-state index contributed by atoms with van der Waals surface area (Å²) in [6.45, 7) is 4.33. The zero-order chi connectivity index (χ0) is 14.4. The van der Waals surface area contributed by atoms with Crippen LogP contribution in [0.1, 0.15) is 30.4 Å². The van der Waals surface area contributed by atoms with E-state index in [4.69, 9.17) is 20.2 Å². The third kappa shape index (κ3) is 2.00. The molecule has 1 aromatic heterocycles. The fraction of sp³-hybridized carbons (Fsp3) is 0.438. The van der Waals surface area contributed by atoms with Crippen LogP contribution >= 0.6 is 0 Å². The molecule has 3 heterocycles. The van der Waals surface area contributed by atoms with Crippen molar-refractivity contribution in [1.82, 2.24) is 9.55 Å². The second-order valence-electron chi connectivity index (χ2n) is 5.66. The van der Waals surface area contributed by atoms with Crippen molar-refractivity contribution in [1.29, 1.82) is 0 Å². The summed E-state index contributed by atoms with van der Waals surface area (Å²) >= 11 is 0. The zero-order valence-corrected chi connectivity index (χ0v) is 12.1. The van der Waals surface area contributed by atoms with E-state index in [0.29, 0.717) is 13.2 Å². The molecule has 1 unspecified atom stereocenters. The second-order valence-corrected chi connectivity index (χ2v) is 5.66. The van der Waals surface area contributed by atoms with Crippen LogP contribution in [0, 0.1) is 6.92 Å². The highest BCUT2D eigenvalue weighted by Crippen LogP contribution is 2.36. The number of fused-ring (bicyclic) bond motifs is 2. The van der Waals surface area contributed by atoms with Crippen LogP contribution in [0.5, 0.6) is 11.5 Å². The molecule has 0 radical (unpaired) electrons. The molecule has 5 heteroatoms. The van der Waals surface area contributed by atoms with E-state index in [1.165, 1.54) is 5.69 Å². The summed E-state index contributed by atoms with van der Waals surface area (Å²) in [6, 6.07) is 6.06. The lowest BCUT2D eigenvalue weighted by Gasteiger charge is -2.20. The van der Waals surface area contributed by atoms with Gasteiger partial charge in [-0.25, -0.2) is 4.98 Å². The first-order chi connectivity index (χ1) is 10.2. The van der Waals surface area contributed by atoms with E-state index in [-0.39, 0.29) is 6.04 Å². The van der Waals surface area contributed by atoms with Crippen LogP contribution in [0.15, 0.2) is 18.2 Å². The van der Waals surface area contributed by atoms with Crippen molar-refractivity contribution in [3.63, 3.8) is 0 Å². The van der Waals surface area contributed by atoms with Crippen molar-refractivity contribution in [2.75, 3.05) is 13.2 Å². The quantitative estimate of drug-likeness (QED) is 0.874. The fourth-order valence-corrected chi connectivity index (χ4v) is 3.18. The van der Waals surface area contributed by atoms with Crippen molar-refractivity contribution in [2.24, 2.45) is 5.73 Å². The molecule has 0 saturated carbocycles. The molecule has 110 valence electrons. The van der Waals surface area contributed by atoms with E-state index < -0.39 is 0 Å². The van der Waals surface area contributed by atoms with Crippen molar-refractivity contribution >= 4 is 0 Å². The summed E-state index contributed by atoms with van der Waals surface area (Å²) in [5.74, 6) is 2.61. The first-order valence-electron chi connectivity index (χ1n) is 7.46. The molecule has 0 amide bonds. The third-order valence-corrected chi connectivity index (χ3v) is 4.29. The molecule has 0 fully saturated rings. The number of nitrogens with zero attached hydrogens (tertiary/aromatic N) is 2. The largest absolute Gasteiger partial charge is 0.486 e. The van der Waals surface area contributed by atoms with Crippen molar-refractivity contribution in [2.45, 2.75) is 32.4 Å². The Hall–Kier alpha value is -2.01. The van der Waals surface area contributed by atoms with Gasteiger partial charge in [-0.2, -0.15) is 0 Å². The smallest absolute Gasteiger partial charge is 0.162 e. The molecule has 21 heavy (non-hydrogen) atoms. The van der Waals surface area contributed by atoms with Crippen LogP contribution in [-0.2, 0) is 6.54 Å². The Morgan fingerprint density at radius 3 is 2.86 bits per heavy atom. The fourth-order valence-electron chi connectivity index (χ4n) is 3.18. The van der Waals surface area contributed by atoms with Crippen LogP contribution in [0.2, 0.25) is 0 Å². The van der Waals surface area contributed by atoms with Crippen LogP contribution in [0.25, 0.3) is 11.3 Å². The summed E-state index contributed by atoms with van der Waals surface area (Å²) in [7, 11) is 0. The monoisotopic (exact) mass is 285 g/mol. The number of nitrogens with two attached hydrogens (primary N) is 1. The SMILES string of the molecule is Cc1c(-c2ccc3c(c2)OCCO3)nc2n1CCCC2N. The first kappa shape index (κ1) is 12.7. The van der Waals surface area contributed by atoms with Gasteiger partial charge in [0.05, 0.1) is 11.7 Å². The molecule has 1 aromatic carbocycles. The van der Waals surface area contributed by atoms with Gasteiger partial charge in [-0.15, -0.1) is 0 Å². The number of rotatable bonds is 1. The molecule has 0 aliphatic carbocycles. The molecule has 2 aromatic rings. The minimum Gasteiger partial charge on any atom is -0.486 e. The summed E-state index contributed by atoms with van der Waals surface area (Å²) < 4.78 is 13.5. The van der Waals surface area contributed by atoms with Gasteiger partial charge in [0.2, 0.25) is 0 Å². The van der Waals surface area contributed by atoms with Crippen molar-refractivity contribution in [3.05, 3.63) is 29.7 Å². The molecule has 0 spiro atoms. The summed E-state index contributed by atoms with van der Waals surface area (Å²) in [4.78, 5) is 4.79.